The molecule has 0 bridgehead atoms. The highest BCUT2D eigenvalue weighted by Gasteiger charge is 2.16. The molecule has 0 saturated carbocycles. The van der Waals surface area contributed by atoms with Crippen LogP contribution in [0.4, 0.5) is 0 Å². The van der Waals surface area contributed by atoms with Crippen molar-refractivity contribution in [3.05, 3.63) is 55.9 Å². The van der Waals surface area contributed by atoms with Gasteiger partial charge in [-0.25, -0.2) is 9.48 Å². The smallest absolute Gasteiger partial charge is 0.360 e. The fourth-order valence-corrected chi connectivity index (χ4v) is 2.53. The van der Waals surface area contributed by atoms with Crippen LogP contribution in [0.5, 0.6) is 0 Å². The predicted molar refractivity (Wildman–Crippen MR) is 78.6 cm³/mol. The lowest BCUT2D eigenvalue weighted by molar-refractivity contribution is 0.0686. The van der Waals surface area contributed by atoms with Crippen LogP contribution in [0.2, 0.25) is 0 Å². The molecule has 5 nitrogen and oxygen atoms in total. The lowest BCUT2D eigenvalue weighted by Crippen LogP contribution is -2.24. The fourth-order valence-electron chi connectivity index (χ4n) is 1.85. The van der Waals surface area contributed by atoms with Gasteiger partial charge in [-0.1, -0.05) is 13.0 Å². The first kappa shape index (κ1) is 14.5. The van der Waals surface area contributed by atoms with E-state index in [-0.39, 0.29) is 0 Å². The van der Waals surface area contributed by atoms with Crippen molar-refractivity contribution in [2.45, 2.75) is 20.3 Å². The minimum absolute atomic E-state index is 0.421. The Morgan fingerprint density at radius 3 is 2.70 bits per heavy atom. The lowest BCUT2D eigenvalue weighted by Gasteiger charge is -2.11. The quantitative estimate of drug-likeness (QED) is 0.934. The highest BCUT2D eigenvalue weighted by molar-refractivity contribution is 9.10. The van der Waals surface area contributed by atoms with Crippen LogP contribution in [-0.2, 0) is 6.42 Å². The van der Waals surface area contributed by atoms with Crippen molar-refractivity contribution in [2.75, 3.05) is 0 Å². The lowest BCUT2D eigenvalue weighted by atomic mass is 10.2. The van der Waals surface area contributed by atoms with E-state index in [1.54, 1.807) is 13.1 Å². The van der Waals surface area contributed by atoms with Gasteiger partial charge in [0, 0.05) is 16.2 Å². The molecule has 20 heavy (non-hydrogen) atoms. The van der Waals surface area contributed by atoms with Crippen LogP contribution in [-0.4, -0.2) is 20.9 Å². The van der Waals surface area contributed by atoms with Crippen molar-refractivity contribution >= 4 is 21.9 Å². The summed E-state index contributed by atoms with van der Waals surface area (Å²) in [5, 5.41) is 13.0. The summed E-state index contributed by atoms with van der Waals surface area (Å²) in [5.74, 6) is -1.32. The third-order valence-corrected chi connectivity index (χ3v) is 3.56. The largest absolute Gasteiger partial charge is 0.476 e. The molecule has 1 heterocycles. The number of nitrogens with zero attached hydrogens (tertiary/aromatic N) is 2. The van der Waals surface area contributed by atoms with Gasteiger partial charge in [0.25, 0.3) is 0 Å². The third-order valence-electron chi connectivity index (χ3n) is 2.93. The average molecular weight is 337 g/mol. The Morgan fingerprint density at radius 2 is 2.15 bits per heavy atom. The molecule has 0 spiro atoms. The van der Waals surface area contributed by atoms with Gasteiger partial charge in [0.15, 0.2) is 0 Å². The van der Waals surface area contributed by atoms with Crippen LogP contribution in [0.1, 0.15) is 28.5 Å². The first-order valence-electron chi connectivity index (χ1n) is 6.06. The summed E-state index contributed by atoms with van der Waals surface area (Å²) >= 11 is 3.42. The molecule has 1 N–H and O–H groups in total. The number of benzene rings is 1. The molecule has 0 amide bonds. The number of aromatic nitrogens is 2. The normalized spacial score (nSPS) is 10.6. The van der Waals surface area contributed by atoms with Crippen LogP contribution in [0, 0.1) is 6.92 Å². The Morgan fingerprint density at radius 1 is 1.45 bits per heavy atom. The SMILES string of the molecule is CCc1cn(-c2ccc(C)cc2Br)nc(C(=O)O)c1=O. The Balaban J connectivity index is 2.71. The molecule has 0 aliphatic carbocycles. The summed E-state index contributed by atoms with van der Waals surface area (Å²) in [7, 11) is 0. The van der Waals surface area contributed by atoms with E-state index in [0.717, 1.165) is 10.0 Å². The van der Waals surface area contributed by atoms with E-state index in [1.165, 1.54) is 4.68 Å². The molecule has 0 saturated heterocycles. The van der Waals surface area contributed by atoms with Gasteiger partial charge >= 0.3 is 5.97 Å². The molecule has 1 aromatic carbocycles. The van der Waals surface area contributed by atoms with E-state index in [4.69, 9.17) is 5.11 Å². The van der Waals surface area contributed by atoms with Crippen molar-refractivity contribution in [3.63, 3.8) is 0 Å². The summed E-state index contributed by atoms with van der Waals surface area (Å²) in [6.07, 6.45) is 2.02. The van der Waals surface area contributed by atoms with Crippen molar-refractivity contribution in [1.82, 2.24) is 9.78 Å². The van der Waals surface area contributed by atoms with Gasteiger partial charge in [-0.15, -0.1) is 0 Å². The first-order chi connectivity index (χ1) is 9.43. The number of hydrogen-bond acceptors (Lipinski definition) is 3. The van der Waals surface area contributed by atoms with Crippen LogP contribution in [0.25, 0.3) is 5.69 Å². The van der Waals surface area contributed by atoms with E-state index in [9.17, 15) is 9.59 Å². The Hall–Kier alpha value is -1.95. The van der Waals surface area contributed by atoms with Crippen molar-refractivity contribution < 1.29 is 9.90 Å². The minimum Gasteiger partial charge on any atom is -0.476 e. The summed E-state index contributed by atoms with van der Waals surface area (Å²) in [5.41, 5.74) is 1.19. The number of aromatic carboxylic acids is 1. The Kier molecular flexibility index (Phi) is 4.04. The van der Waals surface area contributed by atoms with Gasteiger partial charge in [-0.3, -0.25) is 4.79 Å². The second-order valence-corrected chi connectivity index (χ2v) is 5.24. The maximum atomic E-state index is 11.9. The third kappa shape index (κ3) is 2.65. The molecule has 0 fully saturated rings. The number of carboxylic acids is 1. The van der Waals surface area contributed by atoms with Crippen molar-refractivity contribution in [3.8, 4) is 5.69 Å². The number of carboxylic acid groups (broad SMARTS) is 1. The molecule has 0 radical (unpaired) electrons. The monoisotopic (exact) mass is 336 g/mol. The molecule has 6 heteroatoms. The van der Waals surface area contributed by atoms with Gasteiger partial charge in [0.05, 0.1) is 5.69 Å². The fraction of sp³-hybridized carbons (Fsp3) is 0.214. The predicted octanol–water partition coefficient (Wildman–Crippen LogP) is 2.56. The zero-order valence-corrected chi connectivity index (χ0v) is 12.6. The average Bonchev–Trinajstić information content (AvgIpc) is 2.39. The summed E-state index contributed by atoms with van der Waals surface area (Å²) in [4.78, 5) is 23.0. The number of halogens is 1. The topological polar surface area (TPSA) is 72.2 Å². The minimum atomic E-state index is -1.32. The first-order valence-corrected chi connectivity index (χ1v) is 6.86. The van der Waals surface area contributed by atoms with E-state index in [2.05, 4.69) is 21.0 Å². The summed E-state index contributed by atoms with van der Waals surface area (Å²) in [6.45, 7) is 3.75. The van der Waals surface area contributed by atoms with Gasteiger partial charge in [-0.2, -0.15) is 5.10 Å². The number of rotatable bonds is 3. The Labute approximate surface area is 124 Å². The van der Waals surface area contributed by atoms with E-state index >= 15 is 0 Å². The maximum absolute atomic E-state index is 11.9. The van der Waals surface area contributed by atoms with E-state index in [0.29, 0.717) is 17.7 Å². The molecule has 0 unspecified atom stereocenters. The van der Waals surface area contributed by atoms with E-state index < -0.39 is 17.1 Å². The molecule has 1 aromatic heterocycles. The zero-order chi connectivity index (χ0) is 14.9. The molecule has 0 aliphatic heterocycles. The second-order valence-electron chi connectivity index (χ2n) is 4.39. The van der Waals surface area contributed by atoms with Crippen molar-refractivity contribution in [1.29, 1.82) is 0 Å². The van der Waals surface area contributed by atoms with Gasteiger partial charge < -0.3 is 5.11 Å². The second kappa shape index (κ2) is 5.58. The molecule has 0 atom stereocenters. The van der Waals surface area contributed by atoms with Crippen LogP contribution in [0.3, 0.4) is 0 Å². The standard InChI is InChI=1S/C14H13BrN2O3/c1-3-9-7-17(16-12(13(9)18)14(19)20)11-5-4-8(2)6-10(11)15/h4-7H,3H2,1-2H3,(H,19,20). The van der Waals surface area contributed by atoms with Crippen molar-refractivity contribution in [2.24, 2.45) is 0 Å². The highest BCUT2D eigenvalue weighted by Crippen LogP contribution is 2.21. The number of aryl methyl sites for hydroxylation is 2. The molecule has 2 rings (SSSR count). The van der Waals surface area contributed by atoms with Crippen LogP contribution < -0.4 is 5.43 Å². The highest BCUT2D eigenvalue weighted by atomic mass is 79.9. The van der Waals surface area contributed by atoms with E-state index in [1.807, 2.05) is 25.1 Å². The van der Waals surface area contributed by atoms with Gasteiger partial charge in [0.1, 0.15) is 0 Å². The molecule has 0 aliphatic rings. The molecule has 2 aromatic rings. The van der Waals surface area contributed by atoms with Crippen LogP contribution in [0.15, 0.2) is 33.7 Å². The number of hydrogen-bond donors (Lipinski definition) is 1. The summed E-state index contributed by atoms with van der Waals surface area (Å²) < 4.78 is 2.21. The number of carbonyl (C=O) groups is 1. The van der Waals surface area contributed by atoms with Crippen LogP contribution >= 0.6 is 15.9 Å². The Bertz CT molecular complexity index is 738. The zero-order valence-electron chi connectivity index (χ0n) is 11.1. The summed E-state index contributed by atoms with van der Waals surface area (Å²) in [6, 6.07) is 5.62. The van der Waals surface area contributed by atoms with Gasteiger partial charge in [-0.05, 0) is 47.0 Å². The molecular formula is C14H13BrN2O3. The molecule has 104 valence electrons. The van der Waals surface area contributed by atoms with Gasteiger partial charge in [0.2, 0.25) is 11.1 Å². The molecular weight excluding hydrogens is 324 g/mol. The maximum Gasteiger partial charge on any atom is 0.360 e.